The van der Waals surface area contributed by atoms with Gasteiger partial charge in [0.05, 0.1) is 0 Å². The molecule has 0 heterocycles. The van der Waals surface area contributed by atoms with E-state index in [4.69, 9.17) is 14.2 Å². The molecule has 1 atom stereocenters. The van der Waals surface area contributed by atoms with Crippen LogP contribution in [0.5, 0.6) is 0 Å². The summed E-state index contributed by atoms with van der Waals surface area (Å²) in [4.78, 5) is 38.1. The van der Waals surface area contributed by atoms with E-state index in [0.717, 1.165) is 122 Å². The molecule has 76 heavy (non-hydrogen) atoms. The van der Waals surface area contributed by atoms with Crippen LogP contribution >= 0.6 is 0 Å². The minimum absolute atomic E-state index is 0.0796. The molecule has 0 bridgehead atoms. The topological polar surface area (TPSA) is 78.9 Å². The fourth-order valence-corrected chi connectivity index (χ4v) is 8.75. The molecule has 0 aromatic rings. The Labute approximate surface area is 470 Å². The zero-order chi connectivity index (χ0) is 55.0. The minimum atomic E-state index is -0.781. The number of carbonyl (C=O) groups is 3. The third-order valence-corrected chi connectivity index (χ3v) is 13.5. The van der Waals surface area contributed by atoms with Gasteiger partial charge >= 0.3 is 17.9 Å². The molecule has 0 radical (unpaired) electrons. The minimum Gasteiger partial charge on any atom is -0.462 e. The van der Waals surface area contributed by atoms with Crippen LogP contribution in [-0.4, -0.2) is 37.2 Å². The maximum atomic E-state index is 12.8. The van der Waals surface area contributed by atoms with Crippen molar-refractivity contribution in [3.8, 4) is 0 Å². The number of esters is 3. The van der Waals surface area contributed by atoms with Gasteiger partial charge in [-0.25, -0.2) is 0 Å². The number of hydrogen-bond acceptors (Lipinski definition) is 6. The van der Waals surface area contributed by atoms with E-state index in [1.165, 1.54) is 135 Å². The predicted octanol–water partition coefficient (Wildman–Crippen LogP) is 21.8. The molecule has 0 aliphatic rings. The Morgan fingerprint density at radius 3 is 0.816 bits per heavy atom. The summed E-state index contributed by atoms with van der Waals surface area (Å²) >= 11 is 0. The fraction of sp³-hybridized carbons (Fsp3) is 0.700. The molecule has 1 unspecified atom stereocenters. The van der Waals surface area contributed by atoms with Crippen LogP contribution in [0.4, 0.5) is 0 Å². The smallest absolute Gasteiger partial charge is 0.306 e. The highest BCUT2D eigenvalue weighted by molar-refractivity contribution is 5.71. The van der Waals surface area contributed by atoms with Gasteiger partial charge in [0.25, 0.3) is 0 Å². The second-order valence-corrected chi connectivity index (χ2v) is 20.9. The zero-order valence-electron chi connectivity index (χ0n) is 49.7. The second-order valence-electron chi connectivity index (χ2n) is 20.9. The SMILES string of the molecule is CC/C=C\C/C=C\C/C=C\C/C=C\C/C=C\C/C=C\C/C=C\C/C=C\CCCCCCCCCCCCC(=O)OCC(COC(=O)CCCCCCCCCCC)OC(=O)CCCCCCC/C=C\CCCCCCC. The third-order valence-electron chi connectivity index (χ3n) is 13.5. The summed E-state index contributed by atoms with van der Waals surface area (Å²) in [5.74, 6) is -0.890. The van der Waals surface area contributed by atoms with Crippen molar-refractivity contribution in [1.82, 2.24) is 0 Å². The van der Waals surface area contributed by atoms with Crippen LogP contribution in [0.3, 0.4) is 0 Å². The molecule has 0 rings (SSSR count). The Morgan fingerprint density at radius 2 is 0.513 bits per heavy atom. The van der Waals surface area contributed by atoms with Crippen LogP contribution in [0.2, 0.25) is 0 Å². The number of rotatable bonds is 57. The Hall–Kier alpha value is -3.93. The van der Waals surface area contributed by atoms with Gasteiger partial charge in [-0.2, -0.15) is 0 Å². The molecule has 6 nitrogen and oxygen atoms in total. The summed E-state index contributed by atoms with van der Waals surface area (Å²) in [7, 11) is 0. The lowest BCUT2D eigenvalue weighted by Gasteiger charge is -2.18. The number of unbranched alkanes of at least 4 members (excludes halogenated alkanes) is 28. The predicted molar refractivity (Wildman–Crippen MR) is 330 cm³/mol. The molecule has 0 aliphatic carbocycles. The van der Waals surface area contributed by atoms with Gasteiger partial charge < -0.3 is 14.2 Å². The maximum Gasteiger partial charge on any atom is 0.306 e. The Kier molecular flexibility index (Phi) is 60.3. The van der Waals surface area contributed by atoms with Crippen molar-refractivity contribution in [2.45, 2.75) is 303 Å². The van der Waals surface area contributed by atoms with Crippen LogP contribution in [0.25, 0.3) is 0 Å². The molecule has 0 aromatic carbocycles. The lowest BCUT2D eigenvalue weighted by molar-refractivity contribution is -0.167. The molecule has 0 saturated carbocycles. The Balaban J connectivity index is 4.13. The first-order valence-electron chi connectivity index (χ1n) is 31.9. The van der Waals surface area contributed by atoms with Crippen LogP contribution in [-0.2, 0) is 28.6 Å². The molecule has 0 N–H and O–H groups in total. The van der Waals surface area contributed by atoms with E-state index in [2.05, 4.69) is 130 Å². The van der Waals surface area contributed by atoms with E-state index in [-0.39, 0.29) is 31.1 Å². The van der Waals surface area contributed by atoms with E-state index in [1.54, 1.807) is 0 Å². The highest BCUT2D eigenvalue weighted by Gasteiger charge is 2.19. The van der Waals surface area contributed by atoms with Gasteiger partial charge in [0.2, 0.25) is 0 Å². The summed E-state index contributed by atoms with van der Waals surface area (Å²) in [5, 5.41) is 0. The molecule has 434 valence electrons. The van der Waals surface area contributed by atoms with Crippen LogP contribution in [0.1, 0.15) is 297 Å². The van der Waals surface area contributed by atoms with E-state index in [0.29, 0.717) is 19.3 Å². The van der Waals surface area contributed by atoms with Crippen LogP contribution < -0.4 is 0 Å². The highest BCUT2D eigenvalue weighted by Crippen LogP contribution is 2.15. The summed E-state index contributed by atoms with van der Waals surface area (Å²) in [5.41, 5.74) is 0. The third kappa shape index (κ3) is 60.9. The standard InChI is InChI=1S/C70H118O6/c1-4-7-10-13-16-19-21-23-25-26-27-28-29-30-31-32-33-34-35-36-37-38-39-40-41-42-43-44-45-47-48-51-54-57-60-63-69(72)75-66-67(65-74-68(71)62-59-56-53-50-18-15-12-9-6-3)76-70(73)64-61-58-55-52-49-46-24-22-20-17-14-11-8-5-2/h7,10,16,19,22-25,27-28,30-31,33-34,36-37,39-40,67H,4-6,8-9,11-15,17-18,20-21,26,29,32,35,38,41-66H2,1-3H3/b10-7-,19-16-,24-22-,25-23-,28-27-,31-30-,34-33-,37-36-,40-39-. The van der Waals surface area contributed by atoms with Crippen LogP contribution in [0, 0.1) is 0 Å². The van der Waals surface area contributed by atoms with Crippen molar-refractivity contribution in [3.05, 3.63) is 109 Å². The Bertz CT molecular complexity index is 1540. The van der Waals surface area contributed by atoms with E-state index < -0.39 is 6.10 Å². The lowest BCUT2D eigenvalue weighted by Crippen LogP contribution is -2.30. The van der Waals surface area contributed by atoms with Gasteiger partial charge in [-0.3, -0.25) is 14.4 Å². The van der Waals surface area contributed by atoms with E-state index in [9.17, 15) is 14.4 Å². The second kappa shape index (κ2) is 63.6. The van der Waals surface area contributed by atoms with Crippen molar-refractivity contribution in [2.75, 3.05) is 13.2 Å². The molecule has 0 spiro atoms. The number of hydrogen-bond donors (Lipinski definition) is 0. The van der Waals surface area contributed by atoms with Crippen molar-refractivity contribution >= 4 is 17.9 Å². The van der Waals surface area contributed by atoms with E-state index >= 15 is 0 Å². The van der Waals surface area contributed by atoms with Crippen molar-refractivity contribution in [1.29, 1.82) is 0 Å². The molecule has 0 amide bonds. The van der Waals surface area contributed by atoms with Crippen LogP contribution in [0.15, 0.2) is 109 Å². The average Bonchev–Trinajstić information content (AvgIpc) is 3.42. The highest BCUT2D eigenvalue weighted by atomic mass is 16.6. The van der Waals surface area contributed by atoms with Gasteiger partial charge in [-0.05, 0) is 109 Å². The normalized spacial score (nSPS) is 12.8. The first-order chi connectivity index (χ1) is 37.5. The fourth-order valence-electron chi connectivity index (χ4n) is 8.75. The lowest BCUT2D eigenvalue weighted by atomic mass is 10.1. The quantitative estimate of drug-likeness (QED) is 0.0261. The number of ether oxygens (including phenoxy) is 3. The van der Waals surface area contributed by atoms with Crippen molar-refractivity contribution < 1.29 is 28.6 Å². The summed E-state index contributed by atoms with van der Waals surface area (Å²) in [6.07, 6.45) is 86.8. The molecule has 0 aliphatic heterocycles. The molecule has 0 fully saturated rings. The van der Waals surface area contributed by atoms with Gasteiger partial charge in [0.15, 0.2) is 6.10 Å². The summed E-state index contributed by atoms with van der Waals surface area (Å²) < 4.78 is 16.8. The molecular weight excluding hydrogens is 937 g/mol. The molecule has 0 aromatic heterocycles. The summed E-state index contributed by atoms with van der Waals surface area (Å²) in [6, 6.07) is 0. The number of allylic oxidation sites excluding steroid dienone is 18. The average molecular weight is 1060 g/mol. The Morgan fingerprint density at radius 1 is 0.276 bits per heavy atom. The molecule has 6 heteroatoms. The van der Waals surface area contributed by atoms with Gasteiger partial charge in [0.1, 0.15) is 13.2 Å². The zero-order valence-corrected chi connectivity index (χ0v) is 49.7. The first-order valence-corrected chi connectivity index (χ1v) is 31.9. The molecular formula is C70H118O6. The van der Waals surface area contributed by atoms with Gasteiger partial charge in [-0.1, -0.05) is 278 Å². The van der Waals surface area contributed by atoms with Gasteiger partial charge in [-0.15, -0.1) is 0 Å². The largest absolute Gasteiger partial charge is 0.462 e. The van der Waals surface area contributed by atoms with E-state index in [1.807, 2.05) is 0 Å². The summed E-state index contributed by atoms with van der Waals surface area (Å²) in [6.45, 7) is 6.50. The van der Waals surface area contributed by atoms with Crippen molar-refractivity contribution in [2.24, 2.45) is 0 Å². The van der Waals surface area contributed by atoms with Crippen molar-refractivity contribution in [3.63, 3.8) is 0 Å². The maximum absolute atomic E-state index is 12.8. The monoisotopic (exact) mass is 1050 g/mol. The molecule has 0 saturated heterocycles. The number of carbonyl (C=O) groups excluding carboxylic acids is 3. The van der Waals surface area contributed by atoms with Gasteiger partial charge in [0, 0.05) is 19.3 Å². The first kappa shape index (κ1) is 72.1.